The van der Waals surface area contributed by atoms with Gasteiger partial charge in [0.25, 0.3) is 5.91 Å². The molecular weight excluding hydrogens is 246 g/mol. The van der Waals surface area contributed by atoms with E-state index in [1.165, 1.54) is 24.0 Å². The normalized spacial score (nSPS) is 26.9. The van der Waals surface area contributed by atoms with E-state index in [-0.39, 0.29) is 11.9 Å². The number of amides is 3. The lowest BCUT2D eigenvalue weighted by Gasteiger charge is -2.19. The van der Waals surface area contributed by atoms with Crippen LogP contribution in [0.15, 0.2) is 22.8 Å². The quantitative estimate of drug-likeness (QED) is 0.771. The first-order valence-electron chi connectivity index (χ1n) is 6.53. The van der Waals surface area contributed by atoms with E-state index in [0.29, 0.717) is 24.9 Å². The molecule has 0 spiro atoms. The second-order valence-electron chi connectivity index (χ2n) is 5.22. The molecule has 3 amide bonds. The molecular formula is C13H17N3O3. The Kier molecular flexibility index (Phi) is 2.82. The average Bonchev–Trinajstić information content (AvgIpc) is 2.97. The summed E-state index contributed by atoms with van der Waals surface area (Å²) < 4.78 is 5.26. The molecule has 6 heteroatoms. The zero-order valence-electron chi connectivity index (χ0n) is 10.8. The molecule has 0 aromatic carbocycles. The van der Waals surface area contributed by atoms with Crippen LogP contribution in [0.4, 0.5) is 4.79 Å². The molecule has 102 valence electrons. The molecule has 19 heavy (non-hydrogen) atoms. The fourth-order valence-electron chi connectivity index (χ4n) is 2.30. The second-order valence-corrected chi connectivity index (χ2v) is 5.22. The lowest BCUT2D eigenvalue weighted by molar-refractivity contribution is -0.131. The van der Waals surface area contributed by atoms with Gasteiger partial charge in [-0.05, 0) is 31.9 Å². The van der Waals surface area contributed by atoms with Gasteiger partial charge in [0.05, 0.1) is 6.26 Å². The molecule has 1 aromatic rings. The Morgan fingerprint density at radius 3 is 2.95 bits per heavy atom. The molecule has 1 saturated heterocycles. The lowest BCUT2D eigenvalue weighted by Crippen LogP contribution is -2.41. The van der Waals surface area contributed by atoms with Crippen LogP contribution in [0.25, 0.3) is 0 Å². The van der Waals surface area contributed by atoms with Crippen LogP contribution < -0.4 is 10.6 Å². The van der Waals surface area contributed by atoms with E-state index in [2.05, 4.69) is 10.6 Å². The van der Waals surface area contributed by atoms with E-state index in [1.54, 1.807) is 19.1 Å². The molecule has 2 fully saturated rings. The summed E-state index contributed by atoms with van der Waals surface area (Å²) in [5.74, 6) is 0.202. The average molecular weight is 263 g/mol. The highest BCUT2D eigenvalue weighted by Gasteiger charge is 2.50. The standard InChI is InChI=1S/C13H17N3O3/c1-13(10-3-2-8-19-10)11(17)16(12(18)15-13)7-6-14-9-4-5-9/h2-3,8-9,14H,4-7H2,1H3,(H,15,18). The van der Waals surface area contributed by atoms with Gasteiger partial charge >= 0.3 is 6.03 Å². The van der Waals surface area contributed by atoms with E-state index in [0.717, 1.165) is 0 Å². The van der Waals surface area contributed by atoms with Gasteiger partial charge in [0.1, 0.15) is 5.76 Å². The van der Waals surface area contributed by atoms with E-state index >= 15 is 0 Å². The number of hydrogen-bond acceptors (Lipinski definition) is 4. The number of nitrogens with zero attached hydrogens (tertiary/aromatic N) is 1. The molecule has 2 N–H and O–H groups in total. The SMILES string of the molecule is CC1(c2ccco2)NC(=O)N(CCNC2CC2)C1=O. The van der Waals surface area contributed by atoms with Crippen LogP contribution in [0, 0.1) is 0 Å². The minimum atomic E-state index is -1.08. The Balaban J connectivity index is 1.69. The van der Waals surface area contributed by atoms with Crippen molar-refractivity contribution in [2.45, 2.75) is 31.3 Å². The smallest absolute Gasteiger partial charge is 0.325 e. The summed E-state index contributed by atoms with van der Waals surface area (Å²) in [5.41, 5.74) is -1.08. The zero-order chi connectivity index (χ0) is 13.5. The van der Waals surface area contributed by atoms with Gasteiger partial charge in [-0.25, -0.2) is 4.79 Å². The van der Waals surface area contributed by atoms with Crippen LogP contribution in [-0.4, -0.2) is 36.0 Å². The molecule has 2 aliphatic rings. The molecule has 1 aromatic heterocycles. The molecule has 1 unspecified atom stereocenters. The molecule has 1 aliphatic heterocycles. The van der Waals surface area contributed by atoms with Gasteiger partial charge in [-0.15, -0.1) is 0 Å². The highest BCUT2D eigenvalue weighted by atomic mass is 16.3. The van der Waals surface area contributed by atoms with Crippen molar-refractivity contribution in [3.05, 3.63) is 24.2 Å². The Hall–Kier alpha value is -1.82. The van der Waals surface area contributed by atoms with Crippen LogP contribution in [0.3, 0.4) is 0 Å². The molecule has 6 nitrogen and oxygen atoms in total. The van der Waals surface area contributed by atoms with E-state index in [1.807, 2.05) is 0 Å². The maximum Gasteiger partial charge on any atom is 0.325 e. The largest absolute Gasteiger partial charge is 0.466 e. The Morgan fingerprint density at radius 2 is 2.32 bits per heavy atom. The van der Waals surface area contributed by atoms with Gasteiger partial charge in [0.2, 0.25) is 0 Å². The van der Waals surface area contributed by atoms with Crippen molar-refractivity contribution in [2.24, 2.45) is 0 Å². The zero-order valence-corrected chi connectivity index (χ0v) is 10.8. The lowest BCUT2D eigenvalue weighted by atomic mass is 9.99. The predicted molar refractivity (Wildman–Crippen MR) is 67.3 cm³/mol. The van der Waals surface area contributed by atoms with Gasteiger partial charge in [0.15, 0.2) is 5.54 Å². The number of hydrogen-bond donors (Lipinski definition) is 2. The van der Waals surface area contributed by atoms with Crippen LogP contribution in [0.1, 0.15) is 25.5 Å². The second kappa shape index (κ2) is 4.38. The topological polar surface area (TPSA) is 74.6 Å². The minimum Gasteiger partial charge on any atom is -0.466 e. The molecule has 0 radical (unpaired) electrons. The Bertz CT molecular complexity index is 495. The first-order valence-corrected chi connectivity index (χ1v) is 6.53. The van der Waals surface area contributed by atoms with Crippen molar-refractivity contribution in [1.82, 2.24) is 15.5 Å². The summed E-state index contributed by atoms with van der Waals surface area (Å²) in [5, 5.41) is 5.99. The highest BCUT2D eigenvalue weighted by molar-refractivity contribution is 6.06. The number of carbonyl (C=O) groups is 2. The minimum absolute atomic E-state index is 0.259. The van der Waals surface area contributed by atoms with Crippen molar-refractivity contribution in [3.63, 3.8) is 0 Å². The van der Waals surface area contributed by atoms with Gasteiger partial charge < -0.3 is 15.1 Å². The molecule has 1 atom stereocenters. The Labute approximate surface area is 111 Å². The van der Waals surface area contributed by atoms with Gasteiger partial charge in [-0.2, -0.15) is 0 Å². The van der Waals surface area contributed by atoms with Gasteiger partial charge in [-0.3, -0.25) is 9.69 Å². The van der Waals surface area contributed by atoms with Crippen molar-refractivity contribution in [2.75, 3.05) is 13.1 Å². The fraction of sp³-hybridized carbons (Fsp3) is 0.538. The number of rotatable bonds is 5. The summed E-state index contributed by atoms with van der Waals surface area (Å²) in [6.45, 7) is 2.69. The molecule has 3 rings (SSSR count). The summed E-state index contributed by atoms with van der Waals surface area (Å²) in [6, 6.07) is 3.61. The number of urea groups is 1. The van der Waals surface area contributed by atoms with Crippen LogP contribution >= 0.6 is 0 Å². The third kappa shape index (κ3) is 2.12. The third-order valence-corrected chi connectivity index (χ3v) is 3.63. The molecule has 0 bridgehead atoms. The number of imide groups is 1. The van der Waals surface area contributed by atoms with Gasteiger partial charge in [-0.1, -0.05) is 0 Å². The maximum atomic E-state index is 12.4. The van der Waals surface area contributed by atoms with Crippen LogP contribution in [-0.2, 0) is 10.3 Å². The van der Waals surface area contributed by atoms with Crippen molar-refractivity contribution in [3.8, 4) is 0 Å². The third-order valence-electron chi connectivity index (χ3n) is 3.63. The van der Waals surface area contributed by atoms with E-state index in [9.17, 15) is 9.59 Å². The first-order chi connectivity index (χ1) is 9.11. The number of nitrogens with one attached hydrogen (secondary N) is 2. The van der Waals surface area contributed by atoms with Crippen LogP contribution in [0.2, 0.25) is 0 Å². The van der Waals surface area contributed by atoms with Crippen LogP contribution in [0.5, 0.6) is 0 Å². The maximum absolute atomic E-state index is 12.4. The van der Waals surface area contributed by atoms with E-state index in [4.69, 9.17) is 4.42 Å². The monoisotopic (exact) mass is 263 g/mol. The predicted octanol–water partition coefficient (Wildman–Crippen LogP) is 0.799. The summed E-state index contributed by atoms with van der Waals surface area (Å²) >= 11 is 0. The molecule has 1 saturated carbocycles. The van der Waals surface area contributed by atoms with Crippen molar-refractivity contribution in [1.29, 1.82) is 0 Å². The fourth-order valence-corrected chi connectivity index (χ4v) is 2.30. The summed E-state index contributed by atoms with van der Waals surface area (Å²) in [4.78, 5) is 25.5. The first kappa shape index (κ1) is 12.2. The van der Waals surface area contributed by atoms with E-state index < -0.39 is 5.54 Å². The molecule has 2 heterocycles. The summed E-state index contributed by atoms with van der Waals surface area (Å²) in [7, 11) is 0. The highest BCUT2D eigenvalue weighted by Crippen LogP contribution is 2.28. The number of furan rings is 1. The van der Waals surface area contributed by atoms with Crippen molar-refractivity contribution >= 4 is 11.9 Å². The van der Waals surface area contributed by atoms with Crippen molar-refractivity contribution < 1.29 is 14.0 Å². The summed E-state index contributed by atoms with van der Waals surface area (Å²) in [6.07, 6.45) is 3.87. The number of carbonyl (C=O) groups excluding carboxylic acids is 2. The van der Waals surface area contributed by atoms with Gasteiger partial charge in [0, 0.05) is 19.1 Å². The molecule has 1 aliphatic carbocycles. The Morgan fingerprint density at radius 1 is 1.53 bits per heavy atom.